The molecule has 0 atom stereocenters. The molecule has 0 saturated heterocycles. The molecule has 1 amide bonds. The van der Waals surface area contributed by atoms with Crippen molar-refractivity contribution in [1.29, 1.82) is 0 Å². The van der Waals surface area contributed by atoms with Gasteiger partial charge in [0.2, 0.25) is 5.95 Å². The van der Waals surface area contributed by atoms with Crippen molar-refractivity contribution in [2.75, 3.05) is 19.5 Å². The van der Waals surface area contributed by atoms with E-state index in [4.69, 9.17) is 9.47 Å². The number of amides is 1. The highest BCUT2D eigenvalue weighted by Gasteiger charge is 2.13. The molecule has 2 aromatic carbocycles. The van der Waals surface area contributed by atoms with Crippen molar-refractivity contribution in [3.8, 4) is 22.9 Å². The third-order valence-corrected chi connectivity index (χ3v) is 4.25. The number of aromatic nitrogens is 3. The maximum absolute atomic E-state index is 13.7. The highest BCUT2D eigenvalue weighted by molar-refractivity contribution is 9.10. The maximum Gasteiger partial charge on any atom is 0.250 e. The van der Waals surface area contributed by atoms with Gasteiger partial charge in [0.05, 0.1) is 19.8 Å². The van der Waals surface area contributed by atoms with Crippen LogP contribution >= 0.6 is 15.9 Å². The van der Waals surface area contributed by atoms with E-state index < -0.39 is 11.7 Å². The van der Waals surface area contributed by atoms with E-state index in [9.17, 15) is 9.18 Å². The van der Waals surface area contributed by atoms with Crippen LogP contribution in [-0.2, 0) is 4.79 Å². The van der Waals surface area contributed by atoms with E-state index in [2.05, 4.69) is 36.4 Å². The molecular formula is C19H16BrFN4O3. The Morgan fingerprint density at radius 3 is 2.79 bits per heavy atom. The molecule has 3 aromatic rings. The van der Waals surface area contributed by atoms with E-state index in [1.54, 1.807) is 37.4 Å². The van der Waals surface area contributed by atoms with E-state index >= 15 is 0 Å². The summed E-state index contributed by atoms with van der Waals surface area (Å²) in [4.78, 5) is 16.3. The highest BCUT2D eigenvalue weighted by Crippen LogP contribution is 2.31. The Hall–Kier alpha value is -3.20. The lowest BCUT2D eigenvalue weighted by Gasteiger charge is -2.07. The molecule has 7 nitrogen and oxygen atoms in total. The smallest absolute Gasteiger partial charge is 0.250 e. The van der Waals surface area contributed by atoms with Crippen molar-refractivity contribution >= 4 is 33.9 Å². The average Bonchev–Trinajstić information content (AvgIpc) is 3.16. The number of carbonyl (C=O) groups is 1. The van der Waals surface area contributed by atoms with Crippen molar-refractivity contribution in [3.63, 3.8) is 0 Å². The zero-order valence-electron chi connectivity index (χ0n) is 15.0. The molecule has 3 rings (SSSR count). The summed E-state index contributed by atoms with van der Waals surface area (Å²) in [7, 11) is 3.09. The highest BCUT2D eigenvalue weighted by atomic mass is 79.9. The van der Waals surface area contributed by atoms with Gasteiger partial charge in [0.25, 0.3) is 5.91 Å². The number of halogens is 2. The number of anilines is 1. The van der Waals surface area contributed by atoms with E-state index in [1.807, 2.05) is 0 Å². The Morgan fingerprint density at radius 2 is 2.04 bits per heavy atom. The Labute approximate surface area is 168 Å². The van der Waals surface area contributed by atoms with E-state index in [1.165, 1.54) is 25.3 Å². The first-order valence-corrected chi connectivity index (χ1v) is 8.88. The summed E-state index contributed by atoms with van der Waals surface area (Å²) in [5, 5.41) is 9.23. The van der Waals surface area contributed by atoms with Crippen molar-refractivity contribution in [2.24, 2.45) is 0 Å². The second-order valence-corrected chi connectivity index (χ2v) is 6.48. The molecule has 144 valence electrons. The number of aromatic amines is 1. The number of ether oxygens (including phenoxy) is 2. The summed E-state index contributed by atoms with van der Waals surface area (Å²) in [6.07, 6.45) is 2.57. The van der Waals surface area contributed by atoms with Gasteiger partial charge in [-0.25, -0.2) is 4.39 Å². The molecule has 1 aromatic heterocycles. The second kappa shape index (κ2) is 8.66. The third kappa shape index (κ3) is 4.55. The minimum absolute atomic E-state index is 0.0808. The second-order valence-electron chi connectivity index (χ2n) is 5.56. The van der Waals surface area contributed by atoms with Gasteiger partial charge in [-0.1, -0.05) is 15.9 Å². The third-order valence-electron chi connectivity index (χ3n) is 3.76. The molecule has 0 aliphatic carbocycles. The van der Waals surface area contributed by atoms with Gasteiger partial charge < -0.3 is 9.47 Å². The van der Waals surface area contributed by atoms with Crippen LogP contribution in [0.4, 0.5) is 10.3 Å². The molecule has 1 heterocycles. The number of methoxy groups -OCH3 is 2. The summed E-state index contributed by atoms with van der Waals surface area (Å²) in [6.45, 7) is 0. The van der Waals surface area contributed by atoms with E-state index in [0.717, 1.165) is 0 Å². The zero-order chi connectivity index (χ0) is 20.1. The monoisotopic (exact) mass is 446 g/mol. The van der Waals surface area contributed by atoms with Crippen LogP contribution in [0.3, 0.4) is 0 Å². The van der Waals surface area contributed by atoms with Gasteiger partial charge in [0.15, 0.2) is 5.82 Å². The lowest BCUT2D eigenvalue weighted by molar-refractivity contribution is -0.111. The molecule has 2 N–H and O–H groups in total. The molecule has 0 aliphatic rings. The number of rotatable bonds is 6. The normalized spacial score (nSPS) is 10.9. The Kier molecular flexibility index (Phi) is 6.05. The molecule has 9 heteroatoms. The molecule has 0 unspecified atom stereocenters. The topological polar surface area (TPSA) is 89.1 Å². The van der Waals surface area contributed by atoms with Gasteiger partial charge in [0, 0.05) is 22.2 Å². The predicted molar refractivity (Wildman–Crippen MR) is 107 cm³/mol. The minimum Gasteiger partial charge on any atom is -0.497 e. The van der Waals surface area contributed by atoms with Crippen molar-refractivity contribution in [1.82, 2.24) is 15.2 Å². The fourth-order valence-corrected chi connectivity index (χ4v) is 2.77. The quantitative estimate of drug-likeness (QED) is 0.557. The summed E-state index contributed by atoms with van der Waals surface area (Å²) in [5.41, 5.74) is 0.936. The van der Waals surface area contributed by atoms with Gasteiger partial charge in [-0.2, -0.15) is 4.98 Å². The lowest BCUT2D eigenvalue weighted by Crippen LogP contribution is -2.09. The number of hydrogen-bond acceptors (Lipinski definition) is 5. The lowest BCUT2D eigenvalue weighted by atomic mass is 10.2. The molecule has 0 saturated carbocycles. The first kappa shape index (κ1) is 19.6. The van der Waals surface area contributed by atoms with Crippen LogP contribution < -0.4 is 14.8 Å². The molecule has 0 bridgehead atoms. The van der Waals surface area contributed by atoms with E-state index in [0.29, 0.717) is 27.4 Å². The van der Waals surface area contributed by atoms with Crippen LogP contribution in [-0.4, -0.2) is 35.3 Å². The Balaban J connectivity index is 1.73. The fraction of sp³-hybridized carbons (Fsp3) is 0.105. The van der Waals surface area contributed by atoms with Gasteiger partial charge in [0.1, 0.15) is 17.3 Å². The van der Waals surface area contributed by atoms with Crippen LogP contribution in [0.25, 0.3) is 17.5 Å². The van der Waals surface area contributed by atoms with Gasteiger partial charge >= 0.3 is 0 Å². The summed E-state index contributed by atoms with van der Waals surface area (Å²) in [6, 6.07) is 9.69. The molecule has 0 fully saturated rings. The van der Waals surface area contributed by atoms with Crippen LogP contribution in [0.2, 0.25) is 0 Å². The van der Waals surface area contributed by atoms with Crippen LogP contribution in [0.1, 0.15) is 5.56 Å². The van der Waals surface area contributed by atoms with Crippen LogP contribution in [0, 0.1) is 5.82 Å². The zero-order valence-corrected chi connectivity index (χ0v) is 16.6. The van der Waals surface area contributed by atoms with Gasteiger partial charge in [-0.3, -0.25) is 15.2 Å². The molecular weight excluding hydrogens is 431 g/mol. The first-order chi connectivity index (χ1) is 13.5. The molecule has 28 heavy (non-hydrogen) atoms. The number of nitrogens with zero attached hydrogens (tertiary/aromatic N) is 2. The standard InChI is InChI=1S/C19H16BrFN4O3/c1-27-13-5-6-14(16(10-13)28-2)18-23-19(25-24-18)22-17(26)8-3-11-9-12(20)4-7-15(11)21/h3-10H,1-2H3,(H2,22,23,24,25,26)/b8-3+. The van der Waals surface area contributed by atoms with Crippen molar-refractivity contribution < 1.29 is 18.7 Å². The molecule has 0 spiro atoms. The Bertz CT molecular complexity index is 1040. The summed E-state index contributed by atoms with van der Waals surface area (Å²) in [5.74, 6) is 0.747. The number of carbonyl (C=O) groups excluding carboxylic acids is 1. The first-order valence-electron chi connectivity index (χ1n) is 8.09. The van der Waals surface area contributed by atoms with E-state index in [-0.39, 0.29) is 11.5 Å². The van der Waals surface area contributed by atoms with Gasteiger partial charge in [-0.05, 0) is 36.4 Å². The number of benzene rings is 2. The molecule has 0 radical (unpaired) electrons. The Morgan fingerprint density at radius 1 is 1.21 bits per heavy atom. The minimum atomic E-state index is -0.494. The summed E-state index contributed by atoms with van der Waals surface area (Å²) >= 11 is 3.26. The predicted octanol–water partition coefficient (Wildman–Crippen LogP) is 4.04. The number of nitrogens with one attached hydrogen (secondary N) is 2. The van der Waals surface area contributed by atoms with Crippen molar-refractivity contribution in [3.05, 3.63) is 58.3 Å². The largest absolute Gasteiger partial charge is 0.497 e. The van der Waals surface area contributed by atoms with Crippen LogP contribution in [0.15, 0.2) is 46.9 Å². The SMILES string of the molecule is COc1ccc(-c2nc(NC(=O)/C=C/c3cc(Br)ccc3F)n[nH]2)c(OC)c1. The number of H-pyrrole nitrogens is 1. The number of hydrogen-bond donors (Lipinski definition) is 2. The fourth-order valence-electron chi connectivity index (χ4n) is 2.39. The maximum atomic E-state index is 13.7. The van der Waals surface area contributed by atoms with Gasteiger partial charge in [-0.15, -0.1) is 5.10 Å². The summed E-state index contributed by atoms with van der Waals surface area (Å²) < 4.78 is 24.9. The molecule has 0 aliphatic heterocycles. The van der Waals surface area contributed by atoms with Crippen molar-refractivity contribution in [2.45, 2.75) is 0 Å². The van der Waals surface area contributed by atoms with Crippen LogP contribution in [0.5, 0.6) is 11.5 Å². The average molecular weight is 447 g/mol.